The van der Waals surface area contributed by atoms with Gasteiger partial charge in [0.25, 0.3) is 0 Å². The summed E-state index contributed by atoms with van der Waals surface area (Å²) in [4.78, 5) is 17.3. The summed E-state index contributed by atoms with van der Waals surface area (Å²) in [6.45, 7) is 10.3. The fraction of sp³-hybridized carbons (Fsp3) is 0.786. The van der Waals surface area contributed by atoms with Gasteiger partial charge in [0, 0.05) is 32.8 Å². The van der Waals surface area contributed by atoms with Crippen LogP contribution in [0.1, 0.15) is 33.6 Å². The molecule has 21 heavy (non-hydrogen) atoms. The van der Waals surface area contributed by atoms with Crippen molar-refractivity contribution in [2.45, 2.75) is 39.7 Å². The maximum atomic E-state index is 6.08. The van der Waals surface area contributed by atoms with Crippen LogP contribution in [-0.2, 0) is 4.74 Å². The third kappa shape index (κ3) is 4.17. The van der Waals surface area contributed by atoms with E-state index in [2.05, 4.69) is 38.6 Å². The molecule has 2 heterocycles. The van der Waals surface area contributed by atoms with Crippen LogP contribution in [-0.4, -0.2) is 53.8 Å². The maximum absolute atomic E-state index is 6.08. The first kappa shape index (κ1) is 16.2. The van der Waals surface area contributed by atoms with Gasteiger partial charge < -0.3 is 14.5 Å². The van der Waals surface area contributed by atoms with E-state index in [-0.39, 0.29) is 11.4 Å². The Bertz CT molecular complexity index is 453. The zero-order valence-corrected chi connectivity index (χ0v) is 13.8. The molecular formula is C14H24ClN5O. The van der Waals surface area contributed by atoms with Gasteiger partial charge >= 0.3 is 0 Å². The standard InChI is InChI=1S/C14H24ClN5O/c1-4-19(5-2)13-16-12(15)17-14(18-13)20-9-7-8-11(10-20)21-6-3/h11H,4-10H2,1-3H3. The van der Waals surface area contributed by atoms with Gasteiger partial charge in [-0.3, -0.25) is 0 Å². The average molecular weight is 314 g/mol. The zero-order valence-electron chi connectivity index (χ0n) is 13.0. The quantitative estimate of drug-likeness (QED) is 0.803. The molecule has 0 amide bonds. The van der Waals surface area contributed by atoms with E-state index in [0.29, 0.717) is 11.9 Å². The summed E-state index contributed by atoms with van der Waals surface area (Å²) in [6, 6.07) is 0. The summed E-state index contributed by atoms with van der Waals surface area (Å²) in [7, 11) is 0. The molecule has 1 fully saturated rings. The second kappa shape index (κ2) is 7.75. The number of anilines is 2. The van der Waals surface area contributed by atoms with Crippen molar-refractivity contribution >= 4 is 23.5 Å². The summed E-state index contributed by atoms with van der Waals surface area (Å²) in [5, 5.41) is 0.250. The molecule has 1 aliphatic rings. The summed E-state index contributed by atoms with van der Waals surface area (Å²) in [5.74, 6) is 1.30. The molecule has 0 aliphatic carbocycles. The van der Waals surface area contributed by atoms with Gasteiger partial charge in [-0.2, -0.15) is 15.0 Å². The van der Waals surface area contributed by atoms with Crippen LogP contribution in [0.2, 0.25) is 5.28 Å². The molecule has 2 rings (SSSR count). The molecule has 0 saturated carbocycles. The zero-order chi connectivity index (χ0) is 15.2. The maximum Gasteiger partial charge on any atom is 0.231 e. The first-order chi connectivity index (χ1) is 10.2. The number of halogens is 1. The van der Waals surface area contributed by atoms with E-state index < -0.39 is 0 Å². The summed E-state index contributed by atoms with van der Waals surface area (Å²) in [6.07, 6.45) is 2.41. The van der Waals surface area contributed by atoms with Crippen molar-refractivity contribution in [1.82, 2.24) is 15.0 Å². The lowest BCUT2D eigenvalue weighted by Crippen LogP contribution is -2.41. The monoisotopic (exact) mass is 313 g/mol. The second-order valence-corrected chi connectivity index (χ2v) is 5.38. The lowest BCUT2D eigenvalue weighted by Gasteiger charge is -2.32. The molecule has 1 aromatic heterocycles. The molecular weight excluding hydrogens is 290 g/mol. The molecule has 1 aromatic rings. The van der Waals surface area contributed by atoms with Crippen LogP contribution < -0.4 is 9.80 Å². The first-order valence-corrected chi connectivity index (χ1v) is 8.08. The molecule has 118 valence electrons. The van der Waals surface area contributed by atoms with Gasteiger partial charge in [-0.15, -0.1) is 0 Å². The van der Waals surface area contributed by atoms with E-state index in [0.717, 1.165) is 45.6 Å². The topological polar surface area (TPSA) is 54.4 Å². The van der Waals surface area contributed by atoms with Crippen LogP contribution in [0.15, 0.2) is 0 Å². The fourth-order valence-electron chi connectivity index (χ4n) is 2.61. The van der Waals surface area contributed by atoms with Crippen molar-refractivity contribution < 1.29 is 4.74 Å². The Labute approximate surface area is 131 Å². The molecule has 1 atom stereocenters. The third-order valence-electron chi connectivity index (χ3n) is 3.69. The molecule has 1 saturated heterocycles. The minimum atomic E-state index is 0.246. The highest BCUT2D eigenvalue weighted by Crippen LogP contribution is 2.21. The van der Waals surface area contributed by atoms with Crippen LogP contribution in [0.5, 0.6) is 0 Å². The largest absolute Gasteiger partial charge is 0.377 e. The number of hydrogen-bond donors (Lipinski definition) is 0. The Hall–Kier alpha value is -1.14. The fourth-order valence-corrected chi connectivity index (χ4v) is 2.76. The van der Waals surface area contributed by atoms with Gasteiger partial charge in [-0.05, 0) is 45.2 Å². The number of piperidine rings is 1. The van der Waals surface area contributed by atoms with Crippen molar-refractivity contribution in [3.05, 3.63) is 5.28 Å². The van der Waals surface area contributed by atoms with E-state index in [1.807, 2.05) is 6.92 Å². The lowest BCUT2D eigenvalue weighted by atomic mass is 10.1. The van der Waals surface area contributed by atoms with Gasteiger partial charge in [-0.1, -0.05) is 0 Å². The minimum absolute atomic E-state index is 0.246. The molecule has 0 radical (unpaired) electrons. The number of nitrogens with zero attached hydrogens (tertiary/aromatic N) is 5. The predicted octanol–water partition coefficient (Wildman–Crippen LogP) is 2.38. The van der Waals surface area contributed by atoms with E-state index in [9.17, 15) is 0 Å². The smallest absolute Gasteiger partial charge is 0.231 e. The van der Waals surface area contributed by atoms with Crippen molar-refractivity contribution in [1.29, 1.82) is 0 Å². The minimum Gasteiger partial charge on any atom is -0.377 e. The third-order valence-corrected chi connectivity index (χ3v) is 3.86. The Kier molecular flexibility index (Phi) is 5.99. The highest BCUT2D eigenvalue weighted by Gasteiger charge is 2.23. The van der Waals surface area contributed by atoms with Crippen LogP contribution in [0, 0.1) is 0 Å². The molecule has 0 N–H and O–H groups in total. The molecule has 7 heteroatoms. The molecule has 6 nitrogen and oxygen atoms in total. The Morgan fingerprint density at radius 2 is 2.00 bits per heavy atom. The highest BCUT2D eigenvalue weighted by atomic mass is 35.5. The first-order valence-electron chi connectivity index (χ1n) is 7.70. The molecule has 0 spiro atoms. The normalized spacial score (nSPS) is 18.9. The molecule has 1 aliphatic heterocycles. The van der Waals surface area contributed by atoms with E-state index >= 15 is 0 Å². The van der Waals surface area contributed by atoms with Crippen molar-refractivity contribution in [3.63, 3.8) is 0 Å². The second-order valence-electron chi connectivity index (χ2n) is 5.04. The van der Waals surface area contributed by atoms with Crippen molar-refractivity contribution in [2.75, 3.05) is 42.6 Å². The number of ether oxygens (including phenoxy) is 1. The molecule has 1 unspecified atom stereocenters. The van der Waals surface area contributed by atoms with E-state index in [4.69, 9.17) is 16.3 Å². The molecule has 0 aromatic carbocycles. The van der Waals surface area contributed by atoms with Crippen LogP contribution in [0.4, 0.5) is 11.9 Å². The summed E-state index contributed by atoms with van der Waals surface area (Å²) < 4.78 is 5.73. The van der Waals surface area contributed by atoms with E-state index in [1.165, 1.54) is 0 Å². The Morgan fingerprint density at radius 1 is 1.24 bits per heavy atom. The number of aromatic nitrogens is 3. The van der Waals surface area contributed by atoms with E-state index in [1.54, 1.807) is 0 Å². The SMILES string of the molecule is CCOC1CCCN(c2nc(Cl)nc(N(CC)CC)n2)C1. The van der Waals surface area contributed by atoms with Crippen molar-refractivity contribution in [3.8, 4) is 0 Å². The number of rotatable bonds is 6. The van der Waals surface area contributed by atoms with Crippen molar-refractivity contribution in [2.24, 2.45) is 0 Å². The average Bonchev–Trinajstić information content (AvgIpc) is 2.49. The van der Waals surface area contributed by atoms with Crippen LogP contribution >= 0.6 is 11.6 Å². The van der Waals surface area contributed by atoms with Gasteiger partial charge in [-0.25, -0.2) is 0 Å². The molecule has 0 bridgehead atoms. The Balaban J connectivity index is 2.18. The summed E-state index contributed by atoms with van der Waals surface area (Å²) in [5.41, 5.74) is 0. The van der Waals surface area contributed by atoms with Crippen LogP contribution in [0.3, 0.4) is 0 Å². The van der Waals surface area contributed by atoms with Gasteiger partial charge in [0.1, 0.15) is 0 Å². The lowest BCUT2D eigenvalue weighted by molar-refractivity contribution is 0.0523. The number of hydrogen-bond acceptors (Lipinski definition) is 6. The van der Waals surface area contributed by atoms with Crippen LogP contribution in [0.25, 0.3) is 0 Å². The van der Waals surface area contributed by atoms with Gasteiger partial charge in [0.05, 0.1) is 6.10 Å². The van der Waals surface area contributed by atoms with Gasteiger partial charge in [0.2, 0.25) is 17.2 Å². The summed E-state index contributed by atoms with van der Waals surface area (Å²) >= 11 is 6.08. The highest BCUT2D eigenvalue weighted by molar-refractivity contribution is 6.28. The predicted molar refractivity (Wildman–Crippen MR) is 85.3 cm³/mol. The Morgan fingerprint density at radius 3 is 2.67 bits per heavy atom. The van der Waals surface area contributed by atoms with Gasteiger partial charge in [0.15, 0.2) is 0 Å².